The van der Waals surface area contributed by atoms with Crippen molar-refractivity contribution >= 4 is 21.9 Å². The van der Waals surface area contributed by atoms with Crippen LogP contribution in [0, 0.1) is 18.8 Å². The van der Waals surface area contributed by atoms with E-state index >= 15 is 0 Å². The van der Waals surface area contributed by atoms with Gasteiger partial charge in [-0.2, -0.15) is 4.31 Å². The van der Waals surface area contributed by atoms with Gasteiger partial charge in [0.15, 0.2) is 0 Å². The summed E-state index contributed by atoms with van der Waals surface area (Å²) in [6, 6.07) is 6.65. The summed E-state index contributed by atoms with van der Waals surface area (Å²) in [7, 11) is -3.64. The molecule has 0 atom stereocenters. The Kier molecular flexibility index (Phi) is 6.77. The van der Waals surface area contributed by atoms with Crippen LogP contribution in [0.5, 0.6) is 0 Å². The Balaban J connectivity index is 2.06. The lowest BCUT2D eigenvalue weighted by Crippen LogP contribution is -2.36. The third-order valence-corrected chi connectivity index (χ3v) is 5.91. The Morgan fingerprint density at radius 1 is 1.08 bits per heavy atom. The fourth-order valence-electron chi connectivity index (χ4n) is 2.54. The summed E-state index contributed by atoms with van der Waals surface area (Å²) in [5, 5.41) is 8.68. The molecule has 140 valence electrons. The third-order valence-electron chi connectivity index (χ3n) is 4.05. The van der Waals surface area contributed by atoms with Crippen LogP contribution in [0.1, 0.15) is 24.8 Å². The van der Waals surface area contributed by atoms with Gasteiger partial charge in [0.1, 0.15) is 0 Å². The summed E-state index contributed by atoms with van der Waals surface area (Å²) in [4.78, 5) is 24.4. The van der Waals surface area contributed by atoms with Crippen LogP contribution in [0.25, 0.3) is 0 Å². The maximum Gasteiger partial charge on any atom is 0.303 e. The number of benzene rings is 1. The molecule has 0 saturated carbocycles. The Morgan fingerprint density at radius 2 is 1.73 bits per heavy atom. The second kappa shape index (κ2) is 8.83. The molecule has 1 N–H and O–H groups in total. The minimum absolute atomic E-state index is 0.0629. The fourth-order valence-corrected chi connectivity index (χ4v) is 3.92. The highest BCUT2D eigenvalue weighted by atomic mass is 32.2. The molecule has 0 aliphatic carbocycles. The predicted octanol–water partition coefficient (Wildman–Crippen LogP) is 1.09. The monoisotopic (exact) mass is 378 g/mol. The number of carbonyl (C=O) groups excluding carboxylic acids is 1. The van der Waals surface area contributed by atoms with Crippen LogP contribution < -0.4 is 0 Å². The van der Waals surface area contributed by atoms with Crippen LogP contribution in [0.3, 0.4) is 0 Å². The van der Waals surface area contributed by atoms with Crippen LogP contribution in [-0.4, -0.2) is 60.8 Å². The zero-order valence-corrected chi connectivity index (χ0v) is 15.5. The van der Waals surface area contributed by atoms with Gasteiger partial charge in [0, 0.05) is 19.5 Å². The summed E-state index contributed by atoms with van der Waals surface area (Å²) < 4.78 is 26.9. The van der Waals surface area contributed by atoms with Gasteiger partial charge in [-0.15, -0.1) is 0 Å². The van der Waals surface area contributed by atoms with Gasteiger partial charge in [0.2, 0.25) is 15.9 Å². The van der Waals surface area contributed by atoms with Crippen LogP contribution in [0.2, 0.25) is 0 Å². The summed E-state index contributed by atoms with van der Waals surface area (Å²) in [6.07, 6.45) is 0.145. The fraction of sp³-hybridized carbons (Fsp3) is 0.444. The van der Waals surface area contributed by atoms with E-state index in [1.165, 1.54) is 9.21 Å². The quantitative estimate of drug-likeness (QED) is 0.774. The molecule has 1 amide bonds. The second-order valence-electron chi connectivity index (χ2n) is 6.07. The number of carboxylic acid groups (broad SMARTS) is 1. The Morgan fingerprint density at radius 3 is 2.38 bits per heavy atom. The molecule has 2 rings (SSSR count). The highest BCUT2D eigenvalue weighted by Gasteiger charge is 2.24. The first-order valence-corrected chi connectivity index (χ1v) is 9.77. The van der Waals surface area contributed by atoms with Crippen molar-refractivity contribution in [2.75, 3.05) is 26.2 Å². The van der Waals surface area contributed by atoms with Crippen molar-refractivity contribution in [3.63, 3.8) is 0 Å². The van der Waals surface area contributed by atoms with E-state index in [1.54, 1.807) is 24.3 Å². The molecule has 0 spiro atoms. The minimum atomic E-state index is -3.64. The van der Waals surface area contributed by atoms with Gasteiger partial charge >= 0.3 is 5.97 Å². The lowest BCUT2D eigenvalue weighted by molar-refractivity contribution is -0.140. The van der Waals surface area contributed by atoms with Gasteiger partial charge in [-0.05, 0) is 25.5 Å². The number of hydrogen-bond donors (Lipinski definition) is 1. The first kappa shape index (κ1) is 19.9. The second-order valence-corrected chi connectivity index (χ2v) is 8.01. The molecule has 0 unspecified atom stereocenters. The number of aliphatic carboxylic acids is 1. The number of aryl methyl sites for hydroxylation is 1. The van der Waals surface area contributed by atoms with Gasteiger partial charge in [-0.25, -0.2) is 8.42 Å². The average Bonchev–Trinajstić information content (AvgIpc) is 2.72. The molecule has 0 aromatic heterocycles. The number of sulfonamides is 1. The standard InChI is InChI=1S/C18H22N2O5S/c1-15-5-7-16(8-6-15)26(24,25)20-13-3-2-11-19(12-4-14-20)17(21)9-10-18(22)23/h5-8H,4,9-14H2,1H3,(H,22,23). The molecule has 1 heterocycles. The van der Waals surface area contributed by atoms with Crippen LogP contribution >= 0.6 is 0 Å². The molecular formula is C18H22N2O5S. The van der Waals surface area contributed by atoms with E-state index in [0.29, 0.717) is 13.0 Å². The zero-order chi connectivity index (χ0) is 19.2. The lowest BCUT2D eigenvalue weighted by atomic mass is 10.2. The topological polar surface area (TPSA) is 95.0 Å². The first-order chi connectivity index (χ1) is 12.3. The van der Waals surface area contributed by atoms with Gasteiger partial charge in [-0.1, -0.05) is 29.5 Å². The highest BCUT2D eigenvalue weighted by Crippen LogP contribution is 2.17. The van der Waals surface area contributed by atoms with Crippen molar-refractivity contribution < 1.29 is 23.1 Å². The third kappa shape index (κ3) is 5.31. The molecule has 0 bridgehead atoms. The zero-order valence-electron chi connectivity index (χ0n) is 14.6. The van der Waals surface area contributed by atoms with Gasteiger partial charge in [0.05, 0.1) is 24.4 Å². The Hall–Kier alpha value is -2.37. The summed E-state index contributed by atoms with van der Waals surface area (Å²) >= 11 is 0. The summed E-state index contributed by atoms with van der Waals surface area (Å²) in [5.74, 6) is 4.31. The Labute approximate surface area is 153 Å². The van der Waals surface area contributed by atoms with E-state index in [4.69, 9.17) is 5.11 Å². The van der Waals surface area contributed by atoms with E-state index in [0.717, 1.165) is 5.56 Å². The molecule has 1 aromatic rings. The smallest absolute Gasteiger partial charge is 0.303 e. The average molecular weight is 378 g/mol. The van der Waals surface area contributed by atoms with Crippen molar-refractivity contribution in [1.29, 1.82) is 0 Å². The van der Waals surface area contributed by atoms with Gasteiger partial charge < -0.3 is 10.0 Å². The van der Waals surface area contributed by atoms with E-state index in [9.17, 15) is 18.0 Å². The lowest BCUT2D eigenvalue weighted by Gasteiger charge is -2.22. The van der Waals surface area contributed by atoms with Crippen LogP contribution in [-0.2, 0) is 19.6 Å². The van der Waals surface area contributed by atoms with Crippen LogP contribution in [0.15, 0.2) is 29.2 Å². The van der Waals surface area contributed by atoms with Crippen molar-refractivity contribution in [3.8, 4) is 11.8 Å². The molecule has 8 heteroatoms. The number of carboxylic acids is 1. The maximum absolute atomic E-state index is 12.8. The van der Waals surface area contributed by atoms with Gasteiger partial charge in [-0.3, -0.25) is 9.59 Å². The minimum Gasteiger partial charge on any atom is -0.481 e. The molecule has 0 fully saturated rings. The van der Waals surface area contributed by atoms with Crippen molar-refractivity contribution in [2.24, 2.45) is 0 Å². The van der Waals surface area contributed by atoms with Crippen molar-refractivity contribution in [3.05, 3.63) is 29.8 Å². The normalized spacial score (nSPS) is 16.0. The SMILES string of the molecule is Cc1ccc(S(=O)(=O)N2CC#CCN(C(=O)CCC(=O)O)CCC2)cc1. The largest absolute Gasteiger partial charge is 0.481 e. The number of nitrogens with zero attached hydrogens (tertiary/aromatic N) is 2. The van der Waals surface area contributed by atoms with E-state index < -0.39 is 16.0 Å². The van der Waals surface area contributed by atoms with Crippen molar-refractivity contribution in [1.82, 2.24) is 9.21 Å². The highest BCUT2D eigenvalue weighted by molar-refractivity contribution is 7.89. The number of hydrogen-bond acceptors (Lipinski definition) is 4. The predicted molar refractivity (Wildman–Crippen MR) is 95.8 cm³/mol. The summed E-state index contributed by atoms with van der Waals surface area (Å²) in [5.41, 5.74) is 0.976. The van der Waals surface area contributed by atoms with E-state index in [-0.39, 0.29) is 43.3 Å². The number of amides is 1. The molecular weight excluding hydrogens is 356 g/mol. The molecule has 26 heavy (non-hydrogen) atoms. The number of rotatable bonds is 5. The van der Waals surface area contributed by atoms with Crippen molar-refractivity contribution in [2.45, 2.75) is 31.1 Å². The first-order valence-electron chi connectivity index (χ1n) is 8.33. The molecule has 1 aliphatic rings. The summed E-state index contributed by atoms with van der Waals surface area (Å²) in [6.45, 7) is 2.71. The molecule has 1 aromatic carbocycles. The molecule has 0 saturated heterocycles. The molecule has 0 radical (unpaired) electrons. The van der Waals surface area contributed by atoms with E-state index in [2.05, 4.69) is 11.8 Å². The van der Waals surface area contributed by atoms with Gasteiger partial charge in [0.25, 0.3) is 0 Å². The molecule has 7 nitrogen and oxygen atoms in total. The Bertz CT molecular complexity index is 821. The van der Waals surface area contributed by atoms with Crippen LogP contribution in [0.4, 0.5) is 0 Å². The maximum atomic E-state index is 12.8. The number of carbonyl (C=O) groups is 2. The molecule has 1 aliphatic heterocycles. The van der Waals surface area contributed by atoms with E-state index in [1.807, 2.05) is 6.92 Å².